The number of esters is 1. The van der Waals surface area contributed by atoms with Crippen molar-refractivity contribution in [1.29, 1.82) is 0 Å². The summed E-state index contributed by atoms with van der Waals surface area (Å²) in [4.78, 5) is 12.8. The molecule has 3 N–H and O–H groups in total. The van der Waals surface area contributed by atoms with E-state index in [1.54, 1.807) is 0 Å². The number of rotatable bonds is 3. The Morgan fingerprint density at radius 1 is 1.47 bits per heavy atom. The van der Waals surface area contributed by atoms with Crippen molar-refractivity contribution in [3.63, 3.8) is 0 Å². The van der Waals surface area contributed by atoms with Crippen LogP contribution >= 0.6 is 0 Å². The Morgan fingerprint density at radius 2 is 2.00 bits per heavy atom. The summed E-state index contributed by atoms with van der Waals surface area (Å²) in [5.41, 5.74) is 1.31. The number of hydrogen-bond acceptors (Lipinski definition) is 5. The Balaban J connectivity index is 2.57. The topological polar surface area (TPSA) is 67.6 Å². The molecule has 17 heavy (non-hydrogen) atoms. The van der Waals surface area contributed by atoms with Gasteiger partial charge in [0.1, 0.15) is 5.54 Å². The lowest BCUT2D eigenvalue weighted by Crippen LogP contribution is -2.61. The predicted octanol–water partition coefficient (Wildman–Crippen LogP) is 0.0196. The quantitative estimate of drug-likeness (QED) is 0.423. The number of nitrogens with zero attached hydrogens (tertiary/aromatic N) is 1. The van der Waals surface area contributed by atoms with Gasteiger partial charge < -0.3 is 4.74 Å². The lowest BCUT2D eigenvalue weighted by Gasteiger charge is -2.39. The van der Waals surface area contributed by atoms with Crippen LogP contribution in [-0.4, -0.2) is 49.3 Å². The molecule has 0 atom stereocenters. The molecule has 0 unspecified atom stereocenters. The van der Waals surface area contributed by atoms with Gasteiger partial charge in [0, 0.05) is 13.1 Å². The maximum atomic E-state index is 12.2. The van der Waals surface area contributed by atoms with Crippen molar-refractivity contribution >= 4 is 5.97 Å². The van der Waals surface area contributed by atoms with Crippen LogP contribution in [0.5, 0.6) is 0 Å². The predicted molar refractivity (Wildman–Crippen MR) is 53.8 cm³/mol. The van der Waals surface area contributed by atoms with Gasteiger partial charge in [-0.25, -0.2) is 5.43 Å². The molecule has 100 valence electrons. The summed E-state index contributed by atoms with van der Waals surface area (Å²) < 4.78 is 41.1. The molecular weight excluding hydrogens is 239 g/mol. The molecule has 0 aromatic rings. The Kier molecular flexibility index (Phi) is 4.34. The van der Waals surface area contributed by atoms with Crippen LogP contribution in [0.1, 0.15) is 12.8 Å². The number of ether oxygens (including phenoxy) is 1. The highest BCUT2D eigenvalue weighted by atomic mass is 19.4. The zero-order chi connectivity index (χ0) is 13.1. The second kappa shape index (κ2) is 5.19. The van der Waals surface area contributed by atoms with Crippen LogP contribution in [0.2, 0.25) is 0 Å². The number of carbonyl (C=O) groups excluding carboxylic acids is 1. The summed E-state index contributed by atoms with van der Waals surface area (Å²) in [7, 11) is 1.23. The van der Waals surface area contributed by atoms with E-state index >= 15 is 0 Å². The number of halogens is 3. The molecule has 0 saturated carbocycles. The highest BCUT2D eigenvalue weighted by Gasteiger charge is 2.43. The molecule has 0 radical (unpaired) electrons. The van der Waals surface area contributed by atoms with E-state index < -0.39 is 24.2 Å². The standard InChI is InChI=1S/C9H16F3N3O2/c1-17-7(16)8(14-13)2-4-15(5-3-8)6-9(10,11)12/h14H,2-6,13H2,1H3. The minimum atomic E-state index is -4.22. The van der Waals surface area contributed by atoms with Crippen molar-refractivity contribution in [1.82, 2.24) is 10.3 Å². The summed E-state index contributed by atoms with van der Waals surface area (Å²) in [6.07, 6.45) is -3.82. The zero-order valence-electron chi connectivity index (χ0n) is 9.51. The van der Waals surface area contributed by atoms with Gasteiger partial charge in [0.15, 0.2) is 0 Å². The van der Waals surface area contributed by atoms with Gasteiger partial charge in [-0.05, 0) is 12.8 Å². The highest BCUT2D eigenvalue weighted by molar-refractivity contribution is 5.80. The van der Waals surface area contributed by atoms with Crippen molar-refractivity contribution in [2.24, 2.45) is 5.84 Å². The molecule has 1 aliphatic rings. The zero-order valence-corrected chi connectivity index (χ0v) is 9.51. The van der Waals surface area contributed by atoms with Crippen LogP contribution in [0.25, 0.3) is 0 Å². The van der Waals surface area contributed by atoms with Gasteiger partial charge in [-0.2, -0.15) is 13.2 Å². The van der Waals surface area contributed by atoms with Gasteiger partial charge in [-0.15, -0.1) is 0 Å². The fourth-order valence-electron chi connectivity index (χ4n) is 1.95. The molecule has 0 aliphatic carbocycles. The maximum absolute atomic E-state index is 12.2. The minimum absolute atomic E-state index is 0.152. The largest absolute Gasteiger partial charge is 0.468 e. The Labute approximate surface area is 97.0 Å². The van der Waals surface area contributed by atoms with E-state index in [2.05, 4.69) is 10.2 Å². The molecular formula is C9H16F3N3O2. The monoisotopic (exact) mass is 255 g/mol. The van der Waals surface area contributed by atoms with Crippen LogP contribution in [0, 0.1) is 0 Å². The molecule has 1 rings (SSSR count). The fraction of sp³-hybridized carbons (Fsp3) is 0.889. The van der Waals surface area contributed by atoms with Crippen molar-refractivity contribution in [3.05, 3.63) is 0 Å². The van der Waals surface area contributed by atoms with Gasteiger partial charge in [-0.1, -0.05) is 0 Å². The number of alkyl halides is 3. The summed E-state index contributed by atoms with van der Waals surface area (Å²) in [5.74, 6) is 4.76. The first kappa shape index (κ1) is 14.2. The van der Waals surface area contributed by atoms with E-state index in [-0.39, 0.29) is 25.9 Å². The third kappa shape index (κ3) is 3.55. The van der Waals surface area contributed by atoms with Gasteiger partial charge >= 0.3 is 12.1 Å². The lowest BCUT2D eigenvalue weighted by atomic mass is 9.88. The highest BCUT2D eigenvalue weighted by Crippen LogP contribution is 2.25. The van der Waals surface area contributed by atoms with Gasteiger partial charge in [0.05, 0.1) is 13.7 Å². The van der Waals surface area contributed by atoms with E-state index in [4.69, 9.17) is 5.84 Å². The molecule has 8 heteroatoms. The van der Waals surface area contributed by atoms with Crippen molar-refractivity contribution in [2.45, 2.75) is 24.6 Å². The first-order valence-corrected chi connectivity index (χ1v) is 5.18. The molecule has 1 saturated heterocycles. The van der Waals surface area contributed by atoms with Crippen LogP contribution in [0.3, 0.4) is 0 Å². The van der Waals surface area contributed by atoms with Gasteiger partial charge in [0.2, 0.25) is 0 Å². The number of hydrazine groups is 1. The molecule has 0 amide bonds. The number of nitrogens with two attached hydrogens (primary N) is 1. The second-order valence-corrected chi connectivity index (χ2v) is 4.11. The summed E-state index contributed by atoms with van der Waals surface area (Å²) in [6.45, 7) is -0.660. The van der Waals surface area contributed by atoms with Crippen molar-refractivity contribution in [2.75, 3.05) is 26.7 Å². The Morgan fingerprint density at radius 3 is 2.35 bits per heavy atom. The van der Waals surface area contributed by atoms with Crippen molar-refractivity contribution < 1.29 is 22.7 Å². The maximum Gasteiger partial charge on any atom is 0.401 e. The minimum Gasteiger partial charge on any atom is -0.468 e. The first-order chi connectivity index (χ1) is 7.83. The summed E-state index contributed by atoms with van der Waals surface area (Å²) in [6, 6.07) is 0. The molecule has 0 aromatic carbocycles. The smallest absolute Gasteiger partial charge is 0.401 e. The van der Waals surface area contributed by atoms with Gasteiger partial charge in [0.25, 0.3) is 0 Å². The molecule has 0 bridgehead atoms. The SMILES string of the molecule is COC(=O)C1(NN)CCN(CC(F)(F)F)CC1. The number of likely N-dealkylation sites (tertiary alicyclic amines) is 1. The van der Waals surface area contributed by atoms with E-state index in [1.807, 2.05) is 0 Å². The Bertz CT molecular complexity index is 275. The van der Waals surface area contributed by atoms with Crippen LogP contribution in [-0.2, 0) is 9.53 Å². The number of methoxy groups -OCH3 is 1. The van der Waals surface area contributed by atoms with Crippen LogP contribution < -0.4 is 11.3 Å². The fourth-order valence-corrected chi connectivity index (χ4v) is 1.95. The number of hydrogen-bond donors (Lipinski definition) is 2. The van der Waals surface area contributed by atoms with E-state index in [9.17, 15) is 18.0 Å². The van der Waals surface area contributed by atoms with E-state index in [0.29, 0.717) is 0 Å². The van der Waals surface area contributed by atoms with E-state index in [1.165, 1.54) is 12.0 Å². The van der Waals surface area contributed by atoms with Crippen LogP contribution in [0.4, 0.5) is 13.2 Å². The third-order valence-corrected chi connectivity index (χ3v) is 2.96. The van der Waals surface area contributed by atoms with Crippen LogP contribution in [0.15, 0.2) is 0 Å². The molecule has 1 aliphatic heterocycles. The number of nitrogens with one attached hydrogen (secondary N) is 1. The summed E-state index contributed by atoms with van der Waals surface area (Å²) >= 11 is 0. The second-order valence-electron chi connectivity index (χ2n) is 4.11. The third-order valence-electron chi connectivity index (χ3n) is 2.96. The molecule has 0 aromatic heterocycles. The normalized spacial score (nSPS) is 21.2. The molecule has 1 heterocycles. The molecule has 1 fully saturated rings. The average Bonchev–Trinajstić information content (AvgIpc) is 2.27. The van der Waals surface area contributed by atoms with Gasteiger partial charge in [-0.3, -0.25) is 15.5 Å². The number of piperidine rings is 1. The lowest BCUT2D eigenvalue weighted by molar-refractivity contribution is -0.157. The molecule has 0 spiro atoms. The van der Waals surface area contributed by atoms with Crippen molar-refractivity contribution in [3.8, 4) is 0 Å². The van der Waals surface area contributed by atoms with E-state index in [0.717, 1.165) is 0 Å². The molecule has 5 nitrogen and oxygen atoms in total. The number of carbonyl (C=O) groups is 1. The first-order valence-electron chi connectivity index (χ1n) is 5.18. The Hall–Kier alpha value is -0.860. The average molecular weight is 255 g/mol. The summed E-state index contributed by atoms with van der Waals surface area (Å²) in [5, 5.41) is 0.